The van der Waals surface area contributed by atoms with E-state index in [1.54, 1.807) is 12.1 Å². The Kier molecular flexibility index (Phi) is 4.80. The largest absolute Gasteiger partial charge is 0.435 e. The number of rotatable bonds is 4. The van der Waals surface area contributed by atoms with Crippen LogP contribution in [0.2, 0.25) is 0 Å². The Morgan fingerprint density at radius 3 is 2.62 bits per heavy atom. The number of alkyl halides is 2. The van der Waals surface area contributed by atoms with E-state index in [0.29, 0.717) is 13.1 Å². The maximum atomic E-state index is 12.4. The van der Waals surface area contributed by atoms with Gasteiger partial charge in [-0.25, -0.2) is 0 Å². The number of hydrogen-bond donors (Lipinski definition) is 2. The summed E-state index contributed by atoms with van der Waals surface area (Å²) in [6.07, 6.45) is -0.366. The second-order valence-corrected chi connectivity index (χ2v) is 6.01. The lowest BCUT2D eigenvalue weighted by Gasteiger charge is -2.38. The van der Waals surface area contributed by atoms with Crippen molar-refractivity contribution in [2.24, 2.45) is 5.73 Å². The van der Waals surface area contributed by atoms with Crippen LogP contribution in [0, 0.1) is 0 Å². The molecule has 0 saturated carbocycles. The van der Waals surface area contributed by atoms with Crippen LogP contribution < -0.4 is 15.8 Å². The van der Waals surface area contributed by atoms with E-state index in [1.807, 2.05) is 37.3 Å². The van der Waals surface area contributed by atoms with Gasteiger partial charge in [0.1, 0.15) is 17.6 Å². The summed E-state index contributed by atoms with van der Waals surface area (Å²) in [5, 5.41) is 3.26. The number of nitrogens with one attached hydrogen (secondary N) is 1. The van der Waals surface area contributed by atoms with E-state index in [9.17, 15) is 8.78 Å². The average molecular weight is 334 g/mol. The zero-order valence-electron chi connectivity index (χ0n) is 13.3. The number of morpholine rings is 1. The predicted octanol–water partition coefficient (Wildman–Crippen LogP) is 3.07. The van der Waals surface area contributed by atoms with Crippen molar-refractivity contribution in [1.29, 1.82) is 0 Å². The lowest BCUT2D eigenvalue weighted by Crippen LogP contribution is -2.53. The Morgan fingerprint density at radius 1 is 1.21 bits per heavy atom. The van der Waals surface area contributed by atoms with E-state index in [0.717, 1.165) is 16.7 Å². The molecule has 0 radical (unpaired) electrons. The maximum absolute atomic E-state index is 12.4. The fourth-order valence-corrected chi connectivity index (χ4v) is 2.92. The van der Waals surface area contributed by atoms with Crippen molar-refractivity contribution in [1.82, 2.24) is 5.32 Å². The molecule has 128 valence electrons. The first-order valence-corrected chi connectivity index (χ1v) is 7.76. The molecule has 0 aromatic heterocycles. The van der Waals surface area contributed by atoms with Gasteiger partial charge in [-0.2, -0.15) is 8.78 Å². The molecule has 6 heteroatoms. The lowest BCUT2D eigenvalue weighted by molar-refractivity contribution is -0.107. The standard InChI is InChI=1S/C18H20F2N2O2/c1-18(11-22-10-16(21)24-18)14-6-2-4-12(8-14)13-5-3-7-15(9-13)23-17(19)20/h2-9,16-17,22H,10-11,21H2,1H3. The van der Waals surface area contributed by atoms with Crippen LogP contribution in [0.5, 0.6) is 5.75 Å². The van der Waals surface area contributed by atoms with E-state index < -0.39 is 12.2 Å². The molecular formula is C18H20F2N2O2. The number of ether oxygens (including phenoxy) is 2. The molecule has 1 aliphatic heterocycles. The topological polar surface area (TPSA) is 56.5 Å². The van der Waals surface area contributed by atoms with Gasteiger partial charge in [0.15, 0.2) is 0 Å². The van der Waals surface area contributed by atoms with Crippen LogP contribution in [-0.2, 0) is 10.3 Å². The van der Waals surface area contributed by atoms with Crippen LogP contribution in [0.1, 0.15) is 12.5 Å². The molecule has 3 rings (SSSR count). The average Bonchev–Trinajstić information content (AvgIpc) is 2.54. The van der Waals surface area contributed by atoms with Crippen LogP contribution in [0.15, 0.2) is 48.5 Å². The Balaban J connectivity index is 1.90. The van der Waals surface area contributed by atoms with Gasteiger partial charge in [0, 0.05) is 13.1 Å². The second-order valence-electron chi connectivity index (χ2n) is 6.01. The van der Waals surface area contributed by atoms with Crippen molar-refractivity contribution in [3.63, 3.8) is 0 Å². The lowest BCUT2D eigenvalue weighted by atomic mass is 9.91. The molecule has 3 N–H and O–H groups in total. The Bertz CT molecular complexity index is 711. The van der Waals surface area contributed by atoms with Gasteiger partial charge >= 0.3 is 6.61 Å². The van der Waals surface area contributed by atoms with Crippen LogP contribution in [-0.4, -0.2) is 25.9 Å². The third-order valence-corrected chi connectivity index (χ3v) is 4.09. The molecule has 1 heterocycles. The molecule has 2 unspecified atom stereocenters. The first kappa shape index (κ1) is 16.8. The molecule has 2 aromatic carbocycles. The van der Waals surface area contributed by atoms with E-state index in [1.165, 1.54) is 6.07 Å². The number of halogens is 2. The molecule has 1 aliphatic rings. The van der Waals surface area contributed by atoms with Gasteiger partial charge in [-0.15, -0.1) is 0 Å². The Hall–Kier alpha value is -2.02. The highest BCUT2D eigenvalue weighted by atomic mass is 19.3. The van der Waals surface area contributed by atoms with Gasteiger partial charge in [0.2, 0.25) is 0 Å². The number of hydrogen-bond acceptors (Lipinski definition) is 4. The zero-order chi connectivity index (χ0) is 17.2. The first-order valence-electron chi connectivity index (χ1n) is 7.76. The summed E-state index contributed by atoms with van der Waals surface area (Å²) in [4.78, 5) is 0. The molecule has 2 atom stereocenters. The molecule has 24 heavy (non-hydrogen) atoms. The van der Waals surface area contributed by atoms with Crippen LogP contribution in [0.4, 0.5) is 8.78 Å². The van der Waals surface area contributed by atoms with Crippen LogP contribution in [0.3, 0.4) is 0 Å². The van der Waals surface area contributed by atoms with Crippen molar-refractivity contribution in [3.8, 4) is 16.9 Å². The first-order chi connectivity index (χ1) is 11.5. The number of nitrogens with two attached hydrogens (primary N) is 1. The van der Waals surface area contributed by atoms with E-state index in [-0.39, 0.29) is 12.0 Å². The van der Waals surface area contributed by atoms with Crippen molar-refractivity contribution in [2.45, 2.75) is 25.4 Å². The molecule has 2 aromatic rings. The molecular weight excluding hydrogens is 314 g/mol. The van der Waals surface area contributed by atoms with E-state index in [2.05, 4.69) is 10.1 Å². The third kappa shape index (κ3) is 3.72. The highest BCUT2D eigenvalue weighted by Gasteiger charge is 2.33. The molecule has 0 spiro atoms. The monoisotopic (exact) mass is 334 g/mol. The smallest absolute Gasteiger partial charge is 0.387 e. The fraction of sp³-hybridized carbons (Fsp3) is 0.333. The van der Waals surface area contributed by atoms with Gasteiger partial charge in [-0.3, -0.25) is 0 Å². The Labute approximate surface area is 139 Å². The summed E-state index contributed by atoms with van der Waals surface area (Å²) >= 11 is 0. The van der Waals surface area contributed by atoms with Crippen molar-refractivity contribution in [2.75, 3.05) is 13.1 Å². The minimum Gasteiger partial charge on any atom is -0.435 e. The van der Waals surface area contributed by atoms with Gasteiger partial charge < -0.3 is 20.5 Å². The second kappa shape index (κ2) is 6.84. The Morgan fingerprint density at radius 2 is 1.92 bits per heavy atom. The summed E-state index contributed by atoms with van der Waals surface area (Å²) in [5.74, 6) is 0.136. The van der Waals surface area contributed by atoms with E-state index >= 15 is 0 Å². The molecule has 0 bridgehead atoms. The zero-order valence-corrected chi connectivity index (χ0v) is 13.3. The molecule has 1 fully saturated rings. The van der Waals surface area contributed by atoms with Gasteiger partial charge in [-0.1, -0.05) is 30.3 Å². The van der Waals surface area contributed by atoms with Gasteiger partial charge in [0.25, 0.3) is 0 Å². The fourth-order valence-electron chi connectivity index (χ4n) is 2.92. The van der Waals surface area contributed by atoms with Crippen molar-refractivity contribution >= 4 is 0 Å². The van der Waals surface area contributed by atoms with Gasteiger partial charge in [0.05, 0.1) is 0 Å². The summed E-state index contributed by atoms with van der Waals surface area (Å²) in [5.41, 5.74) is 8.03. The summed E-state index contributed by atoms with van der Waals surface area (Å²) in [6, 6.07) is 14.4. The maximum Gasteiger partial charge on any atom is 0.387 e. The molecule has 0 aliphatic carbocycles. The molecule has 4 nitrogen and oxygen atoms in total. The normalized spacial score (nSPS) is 24.1. The van der Waals surface area contributed by atoms with Gasteiger partial charge in [-0.05, 0) is 41.8 Å². The van der Waals surface area contributed by atoms with Crippen molar-refractivity contribution < 1.29 is 18.3 Å². The predicted molar refractivity (Wildman–Crippen MR) is 87.8 cm³/mol. The van der Waals surface area contributed by atoms with Crippen molar-refractivity contribution in [3.05, 3.63) is 54.1 Å². The quantitative estimate of drug-likeness (QED) is 0.902. The number of benzene rings is 2. The minimum absolute atomic E-state index is 0.136. The summed E-state index contributed by atoms with van der Waals surface area (Å²) in [7, 11) is 0. The molecule has 1 saturated heterocycles. The SMILES string of the molecule is CC1(c2cccc(-c3cccc(OC(F)F)c3)c2)CNCC(N)O1. The highest BCUT2D eigenvalue weighted by Crippen LogP contribution is 2.32. The highest BCUT2D eigenvalue weighted by molar-refractivity contribution is 5.66. The van der Waals surface area contributed by atoms with E-state index in [4.69, 9.17) is 10.5 Å². The third-order valence-electron chi connectivity index (χ3n) is 4.09. The van der Waals surface area contributed by atoms with Crippen LogP contribution in [0.25, 0.3) is 11.1 Å². The summed E-state index contributed by atoms with van der Waals surface area (Å²) < 4.78 is 35.2. The molecule has 0 amide bonds. The van der Waals surface area contributed by atoms with Crippen LogP contribution >= 0.6 is 0 Å². The summed E-state index contributed by atoms with van der Waals surface area (Å²) in [6.45, 7) is 0.406. The minimum atomic E-state index is -2.84.